The summed E-state index contributed by atoms with van der Waals surface area (Å²) >= 11 is 0. The summed E-state index contributed by atoms with van der Waals surface area (Å²) in [5.41, 5.74) is 2.74. The fraction of sp³-hybridized carbons (Fsp3) is 0.192. The number of carbonyl (C=O) groups is 3. The van der Waals surface area contributed by atoms with Crippen molar-refractivity contribution in [2.24, 2.45) is 0 Å². The molecular formula is C26H24N2O4. The second kappa shape index (κ2) is 9.47. The number of fused-ring (bicyclic) bond motifs is 1. The molecule has 3 aromatic rings. The summed E-state index contributed by atoms with van der Waals surface area (Å²) in [5, 5.41) is 3.08. The number of nitrogens with zero attached hydrogens (tertiary/aromatic N) is 1. The normalized spacial score (nSPS) is 13.6. The van der Waals surface area contributed by atoms with E-state index in [0.29, 0.717) is 17.5 Å². The molecule has 32 heavy (non-hydrogen) atoms. The number of hydrogen-bond donors (Lipinski definition) is 1. The molecular weight excluding hydrogens is 404 g/mol. The summed E-state index contributed by atoms with van der Waals surface area (Å²) in [6.07, 6.45) is 0.592. The van der Waals surface area contributed by atoms with E-state index in [1.807, 2.05) is 54.6 Å². The van der Waals surface area contributed by atoms with Crippen LogP contribution in [0.1, 0.15) is 50.7 Å². The van der Waals surface area contributed by atoms with Gasteiger partial charge in [0, 0.05) is 13.0 Å². The van der Waals surface area contributed by atoms with Crippen LogP contribution in [-0.4, -0.2) is 36.3 Å². The van der Waals surface area contributed by atoms with E-state index in [0.717, 1.165) is 16.9 Å². The summed E-state index contributed by atoms with van der Waals surface area (Å²) in [5.74, 6) is -0.00285. The molecule has 1 heterocycles. The van der Waals surface area contributed by atoms with E-state index in [9.17, 15) is 14.4 Å². The molecule has 6 heteroatoms. The number of benzene rings is 3. The van der Waals surface area contributed by atoms with E-state index < -0.39 is 0 Å². The monoisotopic (exact) mass is 428 g/mol. The molecule has 3 aromatic carbocycles. The maximum atomic E-state index is 12.8. The molecule has 1 aliphatic rings. The maximum Gasteiger partial charge on any atom is 0.261 e. The van der Waals surface area contributed by atoms with E-state index in [1.165, 1.54) is 4.90 Å². The van der Waals surface area contributed by atoms with Crippen LogP contribution in [0.4, 0.5) is 0 Å². The molecule has 4 rings (SSSR count). The van der Waals surface area contributed by atoms with Gasteiger partial charge < -0.3 is 10.1 Å². The van der Waals surface area contributed by atoms with Gasteiger partial charge in [-0.25, -0.2) is 0 Å². The van der Waals surface area contributed by atoms with Crippen LogP contribution in [0.15, 0.2) is 78.9 Å². The fourth-order valence-corrected chi connectivity index (χ4v) is 3.87. The first-order valence-corrected chi connectivity index (χ1v) is 10.5. The number of methoxy groups -OCH3 is 1. The Balaban J connectivity index is 1.40. The third kappa shape index (κ3) is 4.39. The summed E-state index contributed by atoms with van der Waals surface area (Å²) < 4.78 is 5.23. The lowest BCUT2D eigenvalue weighted by atomic mass is 9.98. The quantitative estimate of drug-likeness (QED) is 0.551. The SMILES string of the molecule is COc1ccc(C(NC(=O)CCCN2C(=O)c3ccccc3C2=O)c2ccccc2)cc1. The van der Waals surface area contributed by atoms with Crippen LogP contribution in [-0.2, 0) is 4.79 Å². The van der Waals surface area contributed by atoms with E-state index >= 15 is 0 Å². The second-order valence-electron chi connectivity index (χ2n) is 7.60. The van der Waals surface area contributed by atoms with Crippen LogP contribution in [0.3, 0.4) is 0 Å². The highest BCUT2D eigenvalue weighted by molar-refractivity contribution is 6.21. The Morgan fingerprint density at radius 3 is 2.00 bits per heavy atom. The Kier molecular flexibility index (Phi) is 6.31. The molecule has 1 aliphatic heterocycles. The molecule has 1 atom stereocenters. The van der Waals surface area contributed by atoms with Crippen LogP contribution < -0.4 is 10.1 Å². The van der Waals surface area contributed by atoms with Crippen LogP contribution in [0.25, 0.3) is 0 Å². The van der Waals surface area contributed by atoms with E-state index in [1.54, 1.807) is 31.4 Å². The predicted molar refractivity (Wildman–Crippen MR) is 120 cm³/mol. The number of rotatable bonds is 8. The van der Waals surface area contributed by atoms with Crippen molar-refractivity contribution in [1.29, 1.82) is 0 Å². The lowest BCUT2D eigenvalue weighted by Gasteiger charge is -2.21. The van der Waals surface area contributed by atoms with Gasteiger partial charge >= 0.3 is 0 Å². The average Bonchev–Trinajstić information content (AvgIpc) is 3.08. The number of hydrogen-bond acceptors (Lipinski definition) is 4. The highest BCUT2D eigenvalue weighted by Crippen LogP contribution is 2.25. The van der Waals surface area contributed by atoms with Crippen molar-refractivity contribution in [3.8, 4) is 5.75 Å². The molecule has 162 valence electrons. The van der Waals surface area contributed by atoms with Gasteiger partial charge in [-0.3, -0.25) is 19.3 Å². The largest absolute Gasteiger partial charge is 0.497 e. The number of carbonyl (C=O) groups excluding carboxylic acids is 3. The highest BCUT2D eigenvalue weighted by Gasteiger charge is 2.34. The standard InChI is InChI=1S/C26H24N2O4/c1-32-20-15-13-19(14-16-20)24(18-8-3-2-4-9-18)27-23(29)12-7-17-28-25(30)21-10-5-6-11-22(21)26(28)31/h2-6,8-11,13-16,24H,7,12,17H2,1H3,(H,27,29). The number of imide groups is 1. The number of ether oxygens (including phenoxy) is 1. The van der Waals surface area contributed by atoms with Gasteiger partial charge in [-0.05, 0) is 41.8 Å². The van der Waals surface area contributed by atoms with Crippen LogP contribution in [0.2, 0.25) is 0 Å². The second-order valence-corrected chi connectivity index (χ2v) is 7.60. The van der Waals surface area contributed by atoms with Crippen molar-refractivity contribution >= 4 is 17.7 Å². The van der Waals surface area contributed by atoms with E-state index in [4.69, 9.17) is 4.74 Å². The zero-order valence-corrected chi connectivity index (χ0v) is 17.8. The summed E-state index contributed by atoms with van der Waals surface area (Å²) in [4.78, 5) is 38.9. The van der Waals surface area contributed by atoms with Gasteiger partial charge in [0.1, 0.15) is 5.75 Å². The lowest BCUT2D eigenvalue weighted by molar-refractivity contribution is -0.121. The Labute approximate surface area is 186 Å². The molecule has 0 spiro atoms. The van der Waals surface area contributed by atoms with E-state index in [2.05, 4.69) is 5.32 Å². The van der Waals surface area contributed by atoms with Gasteiger partial charge in [0.2, 0.25) is 5.91 Å². The molecule has 0 saturated carbocycles. The summed E-state index contributed by atoms with van der Waals surface area (Å²) in [7, 11) is 1.61. The van der Waals surface area contributed by atoms with Gasteiger partial charge in [0.05, 0.1) is 24.3 Å². The van der Waals surface area contributed by atoms with Crippen molar-refractivity contribution in [2.45, 2.75) is 18.9 Å². The van der Waals surface area contributed by atoms with Crippen molar-refractivity contribution in [3.63, 3.8) is 0 Å². The lowest BCUT2D eigenvalue weighted by Crippen LogP contribution is -2.33. The minimum atomic E-state index is -0.311. The number of amides is 3. The molecule has 0 aromatic heterocycles. The molecule has 0 aliphatic carbocycles. The molecule has 1 N–H and O–H groups in total. The maximum absolute atomic E-state index is 12.8. The third-order valence-corrected chi connectivity index (χ3v) is 5.55. The van der Waals surface area contributed by atoms with Crippen molar-refractivity contribution in [3.05, 3.63) is 101 Å². The van der Waals surface area contributed by atoms with Gasteiger partial charge in [-0.2, -0.15) is 0 Å². The minimum absolute atomic E-state index is 0.147. The Bertz CT molecular complexity index is 1090. The van der Waals surface area contributed by atoms with E-state index in [-0.39, 0.29) is 36.7 Å². The smallest absolute Gasteiger partial charge is 0.261 e. The third-order valence-electron chi connectivity index (χ3n) is 5.55. The Hall–Kier alpha value is -3.93. The predicted octanol–water partition coefficient (Wildman–Crippen LogP) is 3.98. The van der Waals surface area contributed by atoms with Gasteiger partial charge in [-0.1, -0.05) is 54.6 Å². The summed E-state index contributed by atoms with van der Waals surface area (Å²) in [6, 6.07) is 23.8. The number of nitrogens with one attached hydrogen (secondary N) is 1. The zero-order chi connectivity index (χ0) is 22.5. The van der Waals surface area contributed by atoms with Crippen molar-refractivity contribution < 1.29 is 19.1 Å². The molecule has 0 bridgehead atoms. The first-order valence-electron chi connectivity index (χ1n) is 10.5. The molecule has 0 saturated heterocycles. The Morgan fingerprint density at radius 1 is 0.844 bits per heavy atom. The van der Waals surface area contributed by atoms with Gasteiger partial charge in [0.15, 0.2) is 0 Å². The van der Waals surface area contributed by atoms with Crippen LogP contribution in [0.5, 0.6) is 5.75 Å². The average molecular weight is 428 g/mol. The Morgan fingerprint density at radius 2 is 1.41 bits per heavy atom. The van der Waals surface area contributed by atoms with Gasteiger partial charge in [-0.15, -0.1) is 0 Å². The molecule has 0 radical (unpaired) electrons. The van der Waals surface area contributed by atoms with Crippen LogP contribution >= 0.6 is 0 Å². The molecule has 6 nitrogen and oxygen atoms in total. The molecule has 3 amide bonds. The fourth-order valence-electron chi connectivity index (χ4n) is 3.87. The highest BCUT2D eigenvalue weighted by atomic mass is 16.5. The first kappa shape index (κ1) is 21.3. The summed E-state index contributed by atoms with van der Waals surface area (Å²) in [6.45, 7) is 0.207. The first-order chi connectivity index (χ1) is 15.6. The topological polar surface area (TPSA) is 75.7 Å². The molecule has 0 fully saturated rings. The van der Waals surface area contributed by atoms with Crippen molar-refractivity contribution in [2.75, 3.05) is 13.7 Å². The minimum Gasteiger partial charge on any atom is -0.497 e. The zero-order valence-electron chi connectivity index (χ0n) is 17.8. The van der Waals surface area contributed by atoms with Crippen molar-refractivity contribution in [1.82, 2.24) is 10.2 Å². The molecule has 1 unspecified atom stereocenters. The van der Waals surface area contributed by atoms with Crippen LogP contribution in [0, 0.1) is 0 Å². The van der Waals surface area contributed by atoms with Gasteiger partial charge in [0.25, 0.3) is 11.8 Å².